The highest BCUT2D eigenvalue weighted by Crippen LogP contribution is 2.69. The molecule has 3 aromatic carbocycles. The third-order valence-electron chi connectivity index (χ3n) is 10.8. The summed E-state index contributed by atoms with van der Waals surface area (Å²) in [6.45, 7) is 2.58. The van der Waals surface area contributed by atoms with Crippen molar-refractivity contribution >= 4 is 34.0 Å². The molecule has 2 fully saturated rings. The second-order valence-corrected chi connectivity index (χ2v) is 12.9. The number of likely N-dealkylation sites (tertiary alicyclic amines) is 1. The zero-order valence-corrected chi connectivity index (χ0v) is 23.5. The Hall–Kier alpha value is -3.48. The van der Waals surface area contributed by atoms with Crippen LogP contribution in [-0.4, -0.2) is 49.6 Å². The largest absolute Gasteiger partial charge is 0.504 e. The molecule has 1 saturated carbocycles. The number of phenols is 1. The summed E-state index contributed by atoms with van der Waals surface area (Å²) < 4.78 is 9.28. The maximum absolute atomic E-state index is 13.2. The van der Waals surface area contributed by atoms with Gasteiger partial charge in [-0.3, -0.25) is 4.90 Å². The number of nitrogens with zero attached hydrogens (tertiary/aromatic N) is 3. The molecule has 2 N–H and O–H groups in total. The van der Waals surface area contributed by atoms with Crippen LogP contribution in [0.2, 0.25) is 0 Å². The molecule has 9 rings (SSSR count). The highest BCUT2D eigenvalue weighted by atomic mass is 32.1. The number of aliphatic imine (C=N–C) groups is 1. The number of fused-ring (bicyclic) bond motifs is 4. The number of piperidine rings is 1. The first kappa shape index (κ1) is 24.2. The Bertz CT molecular complexity index is 1820. The van der Waals surface area contributed by atoms with Crippen LogP contribution in [0.15, 0.2) is 65.7 Å². The summed E-state index contributed by atoms with van der Waals surface area (Å²) in [7, 11) is 0. The standard InChI is InChI=1S/C34H31N3O3S/c38-27-12-11-21-15-28-34(39)16-24-23-6-2-4-8-26(23)37(18-22-5-1-3-7-25(22)35-19-41)30(24)32-33(34,29(21)31(27)40-32)13-14-36(28)17-20-9-10-20/h1-8,11-12,20,28,32,38-39H,9-10,13-18H2/t28-,32-,33-,34+/m0/s1. The number of hydrogen-bond donors (Lipinski definition) is 2. The van der Waals surface area contributed by atoms with Gasteiger partial charge in [-0.15, -0.1) is 0 Å². The van der Waals surface area contributed by atoms with Gasteiger partial charge in [0.1, 0.15) is 0 Å². The molecule has 0 amide bonds. The second kappa shape index (κ2) is 8.30. The number of phenolic OH excluding ortho intramolecular Hbond substituents is 1. The number of isothiocyanates is 1. The average molecular weight is 562 g/mol. The maximum Gasteiger partial charge on any atom is 0.166 e. The Labute approximate surface area is 243 Å². The van der Waals surface area contributed by atoms with Gasteiger partial charge >= 0.3 is 0 Å². The lowest BCUT2D eigenvalue weighted by Gasteiger charge is -2.63. The van der Waals surface area contributed by atoms with Gasteiger partial charge in [0.2, 0.25) is 0 Å². The van der Waals surface area contributed by atoms with Gasteiger partial charge < -0.3 is 19.5 Å². The summed E-state index contributed by atoms with van der Waals surface area (Å²) in [6, 6.07) is 20.4. The number of para-hydroxylation sites is 2. The van der Waals surface area contributed by atoms with Crippen molar-refractivity contribution in [2.45, 2.75) is 61.8 Å². The fourth-order valence-electron chi connectivity index (χ4n) is 8.95. The molecule has 1 aromatic heterocycles. The van der Waals surface area contributed by atoms with Gasteiger partial charge in [0.15, 0.2) is 17.6 Å². The van der Waals surface area contributed by atoms with Crippen molar-refractivity contribution in [1.29, 1.82) is 0 Å². The topological polar surface area (TPSA) is 70.2 Å². The Morgan fingerprint density at radius 2 is 1.90 bits per heavy atom. The molecule has 41 heavy (non-hydrogen) atoms. The molecule has 3 aliphatic carbocycles. The molecule has 4 aromatic rings. The Morgan fingerprint density at radius 1 is 1.07 bits per heavy atom. The minimum absolute atomic E-state index is 0.0128. The third kappa shape index (κ3) is 3.05. The van der Waals surface area contributed by atoms with Crippen molar-refractivity contribution in [2.24, 2.45) is 10.9 Å². The highest BCUT2D eigenvalue weighted by Gasteiger charge is 2.73. The number of aromatic hydroxyl groups is 1. The SMILES string of the molecule is Oc1ccc2c3c1O[C@H]1c4c(c5ccccc5n4Cc4ccccc4N=C=S)C[C@@]4(O)[C@H](C2)N(CC2CC2)CC[C@]314. The fraction of sp³-hybridized carbons (Fsp3) is 0.382. The lowest BCUT2D eigenvalue weighted by atomic mass is 9.49. The van der Waals surface area contributed by atoms with Crippen LogP contribution in [-0.2, 0) is 24.8 Å². The van der Waals surface area contributed by atoms with Crippen LogP contribution in [0.3, 0.4) is 0 Å². The first-order valence-electron chi connectivity index (χ1n) is 14.8. The zero-order chi connectivity index (χ0) is 27.5. The minimum atomic E-state index is -1.00. The number of rotatable bonds is 5. The van der Waals surface area contributed by atoms with Crippen LogP contribution < -0.4 is 4.74 Å². The van der Waals surface area contributed by atoms with Crippen molar-refractivity contribution in [3.63, 3.8) is 0 Å². The molecule has 2 aliphatic heterocycles. The summed E-state index contributed by atoms with van der Waals surface area (Å²) in [5.41, 5.74) is 5.87. The molecular formula is C34H31N3O3S. The first-order chi connectivity index (χ1) is 20.0. The molecule has 4 atom stereocenters. The number of hydrogen-bond acceptors (Lipinski definition) is 6. The van der Waals surface area contributed by atoms with Crippen molar-refractivity contribution < 1.29 is 14.9 Å². The molecule has 0 unspecified atom stereocenters. The zero-order valence-electron chi connectivity index (χ0n) is 22.7. The summed E-state index contributed by atoms with van der Waals surface area (Å²) in [5.74, 6) is 1.48. The van der Waals surface area contributed by atoms with E-state index >= 15 is 0 Å². The lowest BCUT2D eigenvalue weighted by molar-refractivity contribution is -0.173. The molecule has 0 radical (unpaired) electrons. The number of thiocarbonyl (C=S) groups is 1. The average Bonchev–Trinajstić information content (AvgIpc) is 3.65. The van der Waals surface area contributed by atoms with Crippen LogP contribution in [0.1, 0.15) is 53.3 Å². The lowest BCUT2D eigenvalue weighted by Crippen LogP contribution is -2.74. The van der Waals surface area contributed by atoms with Gasteiger partial charge in [-0.05, 0) is 85.3 Å². The van der Waals surface area contributed by atoms with Crippen molar-refractivity contribution in [3.05, 3.63) is 88.6 Å². The van der Waals surface area contributed by atoms with E-state index in [9.17, 15) is 10.2 Å². The van der Waals surface area contributed by atoms with E-state index < -0.39 is 17.1 Å². The minimum Gasteiger partial charge on any atom is -0.504 e. The molecule has 1 spiro atoms. The van der Waals surface area contributed by atoms with Gasteiger partial charge in [0, 0.05) is 35.5 Å². The van der Waals surface area contributed by atoms with Crippen molar-refractivity contribution in [1.82, 2.24) is 9.47 Å². The van der Waals surface area contributed by atoms with E-state index in [4.69, 9.17) is 17.0 Å². The molecule has 206 valence electrons. The van der Waals surface area contributed by atoms with Gasteiger partial charge in [-0.25, -0.2) is 0 Å². The van der Waals surface area contributed by atoms with Gasteiger partial charge in [-0.1, -0.05) is 42.5 Å². The van der Waals surface area contributed by atoms with E-state index in [1.165, 1.54) is 18.4 Å². The Balaban J connectivity index is 1.30. The fourth-order valence-corrected chi connectivity index (χ4v) is 9.04. The molecule has 3 heterocycles. The number of aliphatic hydroxyl groups is 1. The smallest absolute Gasteiger partial charge is 0.166 e. The van der Waals surface area contributed by atoms with Gasteiger partial charge in [0.05, 0.1) is 34.1 Å². The van der Waals surface area contributed by atoms with E-state index in [1.807, 2.05) is 18.2 Å². The van der Waals surface area contributed by atoms with E-state index in [0.717, 1.165) is 70.8 Å². The predicted molar refractivity (Wildman–Crippen MR) is 160 cm³/mol. The van der Waals surface area contributed by atoms with Gasteiger partial charge in [-0.2, -0.15) is 4.99 Å². The van der Waals surface area contributed by atoms with E-state index in [0.29, 0.717) is 18.7 Å². The maximum atomic E-state index is 13.2. The quantitative estimate of drug-likeness (QED) is 0.237. The van der Waals surface area contributed by atoms with E-state index in [1.54, 1.807) is 6.07 Å². The van der Waals surface area contributed by atoms with E-state index in [2.05, 4.69) is 56.0 Å². The van der Waals surface area contributed by atoms with Gasteiger partial charge in [0.25, 0.3) is 0 Å². The molecule has 1 saturated heterocycles. The third-order valence-corrected chi connectivity index (χ3v) is 10.9. The first-order valence-corrected chi connectivity index (χ1v) is 15.2. The van der Waals surface area contributed by atoms with Crippen LogP contribution in [0.4, 0.5) is 5.69 Å². The van der Waals surface area contributed by atoms with Crippen molar-refractivity contribution in [3.8, 4) is 11.5 Å². The Kier molecular flexibility index (Phi) is 4.89. The predicted octanol–water partition coefficient (Wildman–Crippen LogP) is 5.83. The second-order valence-electron chi connectivity index (χ2n) is 12.7. The number of ether oxygens (including phenoxy) is 1. The molecular weight excluding hydrogens is 530 g/mol. The normalized spacial score (nSPS) is 29.0. The van der Waals surface area contributed by atoms with Crippen LogP contribution in [0.5, 0.6) is 11.5 Å². The van der Waals surface area contributed by atoms with Crippen molar-refractivity contribution in [2.75, 3.05) is 13.1 Å². The monoisotopic (exact) mass is 561 g/mol. The molecule has 2 bridgehead atoms. The van der Waals surface area contributed by atoms with E-state index in [-0.39, 0.29) is 11.8 Å². The Morgan fingerprint density at radius 3 is 2.76 bits per heavy atom. The number of aromatic nitrogens is 1. The summed E-state index contributed by atoms with van der Waals surface area (Å²) in [5, 5.41) is 28.0. The summed E-state index contributed by atoms with van der Waals surface area (Å²) in [6.07, 6.45) is 4.32. The summed E-state index contributed by atoms with van der Waals surface area (Å²) in [4.78, 5) is 6.94. The highest BCUT2D eigenvalue weighted by molar-refractivity contribution is 7.78. The molecule has 6 nitrogen and oxygen atoms in total. The van der Waals surface area contributed by atoms with Crippen LogP contribution >= 0.6 is 12.2 Å². The van der Waals surface area contributed by atoms with Crippen LogP contribution in [0.25, 0.3) is 10.9 Å². The van der Waals surface area contributed by atoms with Crippen LogP contribution in [0, 0.1) is 5.92 Å². The number of benzene rings is 3. The molecule has 7 heteroatoms. The molecule has 5 aliphatic rings. The summed E-state index contributed by atoms with van der Waals surface area (Å²) >= 11 is 4.96.